The molecule has 0 bridgehead atoms. The molecule has 0 fully saturated rings. The van der Waals surface area contributed by atoms with Gasteiger partial charge in [0.15, 0.2) is 0 Å². The van der Waals surface area contributed by atoms with E-state index >= 15 is 0 Å². The maximum atomic E-state index is 12.2. The third-order valence-corrected chi connectivity index (χ3v) is 3.36. The van der Waals surface area contributed by atoms with E-state index in [4.69, 9.17) is 18.0 Å². The second-order valence-electron chi connectivity index (χ2n) is 4.03. The number of amides is 1. The summed E-state index contributed by atoms with van der Waals surface area (Å²) in [6.45, 7) is 0. The van der Waals surface area contributed by atoms with Gasteiger partial charge in [0.1, 0.15) is 10.7 Å². The minimum absolute atomic E-state index is 0.0862. The molecule has 0 aliphatic rings. The molecule has 102 valence electrons. The van der Waals surface area contributed by atoms with Gasteiger partial charge in [-0.25, -0.2) is 0 Å². The number of rotatable bonds is 3. The van der Waals surface area contributed by atoms with Crippen molar-refractivity contribution in [3.8, 4) is 5.75 Å². The van der Waals surface area contributed by atoms with Gasteiger partial charge in [0.05, 0.1) is 11.3 Å². The third kappa shape index (κ3) is 3.15. The van der Waals surface area contributed by atoms with E-state index in [1.165, 1.54) is 12.1 Å². The number of nitrogens with two attached hydrogens (primary N) is 1. The number of hydrogen-bond donors (Lipinski definition) is 3. The minimum atomic E-state index is -0.432. The van der Waals surface area contributed by atoms with E-state index in [9.17, 15) is 9.90 Å². The Morgan fingerprint density at radius 1 is 1.20 bits per heavy atom. The molecule has 0 saturated heterocycles. The van der Waals surface area contributed by atoms with Crippen molar-refractivity contribution >= 4 is 44.7 Å². The standard InChI is InChI=1S/C14H11BrN2O2S/c15-8-5-6-9(13(16)20)11(7-8)17-14(19)10-3-1-2-4-12(10)18/h1-7,18H,(H2,16,20)(H,17,19). The molecule has 0 atom stereocenters. The van der Waals surface area contributed by atoms with Gasteiger partial charge in [-0.15, -0.1) is 0 Å². The van der Waals surface area contributed by atoms with Crippen LogP contribution in [0.3, 0.4) is 0 Å². The van der Waals surface area contributed by atoms with Crippen LogP contribution in [0.5, 0.6) is 5.75 Å². The minimum Gasteiger partial charge on any atom is -0.507 e. The van der Waals surface area contributed by atoms with Crippen LogP contribution in [0.25, 0.3) is 0 Å². The SMILES string of the molecule is NC(=S)c1ccc(Br)cc1NC(=O)c1ccccc1O. The normalized spacial score (nSPS) is 10.1. The summed E-state index contributed by atoms with van der Waals surface area (Å²) in [4.78, 5) is 12.3. The first-order valence-electron chi connectivity index (χ1n) is 5.67. The van der Waals surface area contributed by atoms with Gasteiger partial charge in [-0.2, -0.15) is 0 Å². The fourth-order valence-corrected chi connectivity index (χ4v) is 2.23. The maximum Gasteiger partial charge on any atom is 0.259 e. The largest absolute Gasteiger partial charge is 0.507 e. The predicted octanol–water partition coefficient (Wildman–Crippen LogP) is 3.04. The van der Waals surface area contributed by atoms with Crippen molar-refractivity contribution in [3.63, 3.8) is 0 Å². The highest BCUT2D eigenvalue weighted by molar-refractivity contribution is 9.10. The fraction of sp³-hybridized carbons (Fsp3) is 0. The highest BCUT2D eigenvalue weighted by Crippen LogP contribution is 2.23. The van der Waals surface area contributed by atoms with Gasteiger partial charge in [-0.3, -0.25) is 4.79 Å². The molecular weight excluding hydrogens is 340 g/mol. The Balaban J connectivity index is 2.35. The Kier molecular flexibility index (Phi) is 4.36. The molecule has 6 heteroatoms. The van der Waals surface area contributed by atoms with Crippen molar-refractivity contribution in [2.24, 2.45) is 5.73 Å². The number of benzene rings is 2. The first kappa shape index (κ1) is 14.5. The summed E-state index contributed by atoms with van der Waals surface area (Å²) in [6, 6.07) is 11.5. The molecule has 0 radical (unpaired) electrons. The van der Waals surface area contributed by atoms with Crippen molar-refractivity contribution in [1.29, 1.82) is 0 Å². The quantitative estimate of drug-likeness (QED) is 0.743. The molecule has 2 aromatic carbocycles. The topological polar surface area (TPSA) is 75.3 Å². The molecule has 0 unspecified atom stereocenters. The molecule has 2 rings (SSSR count). The number of nitrogens with one attached hydrogen (secondary N) is 1. The maximum absolute atomic E-state index is 12.2. The first-order valence-corrected chi connectivity index (χ1v) is 6.88. The Morgan fingerprint density at radius 3 is 2.55 bits per heavy atom. The Morgan fingerprint density at radius 2 is 1.90 bits per heavy atom. The van der Waals surface area contributed by atoms with Gasteiger partial charge in [0.2, 0.25) is 0 Å². The van der Waals surface area contributed by atoms with Gasteiger partial charge in [0, 0.05) is 10.0 Å². The van der Waals surface area contributed by atoms with E-state index in [1.54, 1.807) is 30.3 Å². The van der Waals surface area contributed by atoms with Crippen molar-refractivity contribution in [2.45, 2.75) is 0 Å². The van der Waals surface area contributed by atoms with Crippen LogP contribution in [-0.4, -0.2) is 16.0 Å². The molecule has 0 heterocycles. The number of carbonyl (C=O) groups excluding carboxylic acids is 1. The van der Waals surface area contributed by atoms with Crippen LogP contribution in [0.1, 0.15) is 15.9 Å². The van der Waals surface area contributed by atoms with Gasteiger partial charge in [-0.1, -0.05) is 40.3 Å². The second kappa shape index (κ2) is 6.02. The zero-order valence-electron chi connectivity index (χ0n) is 10.3. The number of hydrogen-bond acceptors (Lipinski definition) is 3. The van der Waals surface area contributed by atoms with Crippen molar-refractivity contribution in [3.05, 3.63) is 58.1 Å². The number of phenolic OH excluding ortho intramolecular Hbond substituents is 1. The van der Waals surface area contributed by atoms with Crippen LogP contribution in [-0.2, 0) is 0 Å². The molecule has 2 aromatic rings. The highest BCUT2D eigenvalue weighted by Gasteiger charge is 2.13. The lowest BCUT2D eigenvalue weighted by Gasteiger charge is -2.11. The first-order chi connectivity index (χ1) is 9.49. The summed E-state index contributed by atoms with van der Waals surface area (Å²) in [5.41, 5.74) is 6.85. The van der Waals surface area contributed by atoms with Gasteiger partial charge in [-0.05, 0) is 30.3 Å². The van der Waals surface area contributed by atoms with E-state index in [1.807, 2.05) is 0 Å². The zero-order chi connectivity index (χ0) is 14.7. The summed E-state index contributed by atoms with van der Waals surface area (Å²) in [5.74, 6) is -0.518. The molecule has 0 aliphatic carbocycles. The van der Waals surface area contributed by atoms with E-state index in [0.29, 0.717) is 11.3 Å². The Bertz CT molecular complexity index is 689. The average Bonchev–Trinajstić information content (AvgIpc) is 2.38. The Hall–Kier alpha value is -1.92. The number of para-hydroxylation sites is 1. The molecule has 0 aromatic heterocycles. The summed E-state index contributed by atoms with van der Waals surface area (Å²) < 4.78 is 0.782. The summed E-state index contributed by atoms with van der Waals surface area (Å²) in [6.07, 6.45) is 0. The van der Waals surface area contributed by atoms with E-state index in [0.717, 1.165) is 4.47 Å². The lowest BCUT2D eigenvalue weighted by Crippen LogP contribution is -2.17. The summed E-state index contributed by atoms with van der Waals surface area (Å²) in [5, 5.41) is 12.4. The van der Waals surface area contributed by atoms with Crippen LogP contribution in [0, 0.1) is 0 Å². The fourth-order valence-electron chi connectivity index (χ4n) is 1.69. The number of phenols is 1. The molecule has 0 saturated carbocycles. The zero-order valence-corrected chi connectivity index (χ0v) is 12.7. The van der Waals surface area contributed by atoms with Crippen molar-refractivity contribution < 1.29 is 9.90 Å². The van der Waals surface area contributed by atoms with Crippen LogP contribution in [0.15, 0.2) is 46.9 Å². The van der Waals surface area contributed by atoms with E-state index in [2.05, 4.69) is 21.2 Å². The number of carbonyl (C=O) groups is 1. The van der Waals surface area contributed by atoms with Crippen molar-refractivity contribution in [1.82, 2.24) is 0 Å². The number of aromatic hydroxyl groups is 1. The van der Waals surface area contributed by atoms with Gasteiger partial charge >= 0.3 is 0 Å². The van der Waals surface area contributed by atoms with Crippen LogP contribution < -0.4 is 11.1 Å². The van der Waals surface area contributed by atoms with Gasteiger partial charge < -0.3 is 16.2 Å². The molecule has 20 heavy (non-hydrogen) atoms. The second-order valence-corrected chi connectivity index (χ2v) is 5.38. The monoisotopic (exact) mass is 350 g/mol. The van der Waals surface area contributed by atoms with Gasteiger partial charge in [0.25, 0.3) is 5.91 Å². The predicted molar refractivity (Wildman–Crippen MR) is 86.1 cm³/mol. The molecule has 4 N–H and O–H groups in total. The van der Waals surface area contributed by atoms with Crippen LogP contribution in [0.2, 0.25) is 0 Å². The lowest BCUT2D eigenvalue weighted by molar-refractivity contribution is 0.102. The van der Waals surface area contributed by atoms with E-state index in [-0.39, 0.29) is 16.3 Å². The molecule has 0 aliphatic heterocycles. The third-order valence-electron chi connectivity index (χ3n) is 2.64. The van der Waals surface area contributed by atoms with E-state index < -0.39 is 5.91 Å². The van der Waals surface area contributed by atoms with Crippen molar-refractivity contribution in [2.75, 3.05) is 5.32 Å². The number of thiocarbonyl (C=S) groups is 1. The number of anilines is 1. The smallest absolute Gasteiger partial charge is 0.259 e. The lowest BCUT2D eigenvalue weighted by atomic mass is 10.1. The molecule has 1 amide bonds. The van der Waals surface area contributed by atoms with Crippen LogP contribution >= 0.6 is 28.1 Å². The summed E-state index contributed by atoms with van der Waals surface area (Å²) >= 11 is 8.27. The number of halogens is 1. The highest BCUT2D eigenvalue weighted by atomic mass is 79.9. The Labute approximate surface area is 129 Å². The average molecular weight is 351 g/mol. The molecule has 0 spiro atoms. The molecular formula is C14H11BrN2O2S. The summed E-state index contributed by atoms with van der Waals surface area (Å²) in [7, 11) is 0. The van der Waals surface area contributed by atoms with Crippen LogP contribution in [0.4, 0.5) is 5.69 Å². The molecule has 4 nitrogen and oxygen atoms in total.